The average molecular weight is 231 g/mol. The number of hydrogen-bond acceptors (Lipinski definition) is 5. The fraction of sp³-hybridized carbons (Fsp3) is 0.667. The number of carboxylic acid groups (broad SMARTS) is 1. The molecule has 84 valence electrons. The largest absolute Gasteiger partial charge is 0.476 e. The minimum Gasteiger partial charge on any atom is -0.476 e. The quantitative estimate of drug-likeness (QED) is 0.442. The third kappa shape index (κ3) is 3.91. The Kier molecular flexibility index (Phi) is 4.61. The highest BCUT2D eigenvalue weighted by Crippen LogP contribution is 2.19. The maximum atomic E-state index is 10.9. The number of carbonyl (C=O) groups is 2. The highest BCUT2D eigenvalue weighted by Gasteiger charge is 2.19. The van der Waals surface area contributed by atoms with Crippen molar-refractivity contribution in [3.8, 4) is 0 Å². The molecule has 1 heterocycles. The van der Waals surface area contributed by atoms with Gasteiger partial charge in [-0.1, -0.05) is 5.16 Å². The number of rotatable bonds is 4. The van der Waals surface area contributed by atoms with Gasteiger partial charge in [0, 0.05) is 6.92 Å². The van der Waals surface area contributed by atoms with Crippen LogP contribution in [0.1, 0.15) is 19.8 Å². The molecule has 1 aliphatic rings. The van der Waals surface area contributed by atoms with Crippen molar-refractivity contribution < 1.29 is 19.5 Å². The minimum atomic E-state index is -1.34. The van der Waals surface area contributed by atoms with Gasteiger partial charge >= 0.3 is 5.97 Å². The Labute approximate surface area is 91.9 Å². The average Bonchev–Trinajstić information content (AvgIpc) is 2.18. The van der Waals surface area contributed by atoms with E-state index >= 15 is 0 Å². The summed E-state index contributed by atoms with van der Waals surface area (Å²) >= 11 is 1.83. The Bertz CT molecular complexity index is 268. The SMILES string of the molecule is CC(=O)/C(=N/OC1CCSCC1)C(=O)O. The molecular formula is C9H13NO4S. The number of ketones is 1. The molecule has 0 atom stereocenters. The van der Waals surface area contributed by atoms with Gasteiger partial charge < -0.3 is 9.94 Å². The zero-order chi connectivity index (χ0) is 11.3. The summed E-state index contributed by atoms with van der Waals surface area (Å²) < 4.78 is 0. The molecule has 0 radical (unpaired) electrons. The van der Waals surface area contributed by atoms with Gasteiger partial charge in [0.1, 0.15) is 6.10 Å². The van der Waals surface area contributed by atoms with Crippen molar-refractivity contribution in [1.29, 1.82) is 0 Å². The van der Waals surface area contributed by atoms with Crippen LogP contribution >= 0.6 is 11.8 Å². The summed E-state index contributed by atoms with van der Waals surface area (Å²) in [4.78, 5) is 26.5. The first-order chi connectivity index (χ1) is 7.11. The molecule has 0 unspecified atom stereocenters. The summed E-state index contributed by atoms with van der Waals surface area (Å²) in [5.74, 6) is 0.0473. The van der Waals surface area contributed by atoms with E-state index in [4.69, 9.17) is 9.94 Å². The fourth-order valence-electron chi connectivity index (χ4n) is 1.16. The standard InChI is InChI=1S/C9H13NO4S/c1-6(11)8(9(12)13)10-14-7-2-4-15-5-3-7/h7H,2-5H2,1H3,(H,12,13)/b10-8-. The monoisotopic (exact) mass is 231 g/mol. The highest BCUT2D eigenvalue weighted by molar-refractivity contribution is 7.99. The second-order valence-electron chi connectivity index (χ2n) is 3.22. The van der Waals surface area contributed by atoms with Crippen LogP contribution in [0.2, 0.25) is 0 Å². The van der Waals surface area contributed by atoms with Gasteiger partial charge in [0.2, 0.25) is 5.71 Å². The normalized spacial score (nSPS) is 18.6. The van der Waals surface area contributed by atoms with Crippen LogP contribution in [0.15, 0.2) is 5.16 Å². The lowest BCUT2D eigenvalue weighted by molar-refractivity contribution is -0.130. The van der Waals surface area contributed by atoms with Crippen molar-refractivity contribution >= 4 is 29.2 Å². The zero-order valence-electron chi connectivity index (χ0n) is 8.43. The van der Waals surface area contributed by atoms with E-state index in [-0.39, 0.29) is 6.10 Å². The van der Waals surface area contributed by atoms with Gasteiger partial charge in [-0.2, -0.15) is 11.8 Å². The second kappa shape index (κ2) is 5.75. The molecule has 1 N–H and O–H groups in total. The lowest BCUT2D eigenvalue weighted by atomic mass is 10.2. The van der Waals surface area contributed by atoms with Gasteiger partial charge in [-0.3, -0.25) is 4.79 Å². The van der Waals surface area contributed by atoms with Crippen LogP contribution in [-0.2, 0) is 14.4 Å². The van der Waals surface area contributed by atoms with Crippen LogP contribution in [0.5, 0.6) is 0 Å². The van der Waals surface area contributed by atoms with E-state index in [9.17, 15) is 9.59 Å². The van der Waals surface area contributed by atoms with Crippen LogP contribution in [-0.4, -0.2) is 40.2 Å². The molecule has 1 fully saturated rings. The van der Waals surface area contributed by atoms with E-state index in [2.05, 4.69) is 5.16 Å². The molecule has 0 aromatic heterocycles. The van der Waals surface area contributed by atoms with E-state index < -0.39 is 17.5 Å². The van der Waals surface area contributed by atoms with E-state index in [1.807, 2.05) is 11.8 Å². The second-order valence-corrected chi connectivity index (χ2v) is 4.44. The van der Waals surface area contributed by atoms with E-state index in [0.29, 0.717) is 0 Å². The molecule has 0 spiro atoms. The van der Waals surface area contributed by atoms with Gasteiger partial charge in [-0.15, -0.1) is 0 Å². The van der Waals surface area contributed by atoms with Crippen LogP contribution in [0, 0.1) is 0 Å². The Morgan fingerprint density at radius 3 is 2.47 bits per heavy atom. The van der Waals surface area contributed by atoms with Gasteiger partial charge in [0.15, 0.2) is 5.78 Å². The summed E-state index contributed by atoms with van der Waals surface area (Å²) in [6.45, 7) is 1.16. The van der Waals surface area contributed by atoms with Crippen molar-refractivity contribution in [2.24, 2.45) is 5.16 Å². The van der Waals surface area contributed by atoms with Crippen molar-refractivity contribution in [3.63, 3.8) is 0 Å². The van der Waals surface area contributed by atoms with Crippen LogP contribution in [0.25, 0.3) is 0 Å². The predicted octanol–water partition coefficient (Wildman–Crippen LogP) is 0.928. The number of aliphatic carboxylic acids is 1. The molecule has 0 aromatic rings. The Balaban J connectivity index is 2.52. The summed E-state index contributed by atoms with van der Waals surface area (Å²) in [5, 5.41) is 12.0. The lowest BCUT2D eigenvalue weighted by Crippen LogP contribution is -2.24. The molecule has 0 aliphatic carbocycles. The van der Waals surface area contributed by atoms with Crippen molar-refractivity contribution in [2.45, 2.75) is 25.9 Å². The number of hydrogen-bond donors (Lipinski definition) is 1. The highest BCUT2D eigenvalue weighted by atomic mass is 32.2. The predicted molar refractivity (Wildman–Crippen MR) is 57.2 cm³/mol. The third-order valence-electron chi connectivity index (χ3n) is 2.00. The van der Waals surface area contributed by atoms with E-state index in [1.165, 1.54) is 0 Å². The maximum Gasteiger partial charge on any atom is 0.361 e. The molecule has 0 saturated carbocycles. The number of thioether (sulfide) groups is 1. The van der Waals surface area contributed by atoms with Gasteiger partial charge in [-0.25, -0.2) is 4.79 Å². The first kappa shape index (κ1) is 12.0. The van der Waals surface area contributed by atoms with Crippen LogP contribution < -0.4 is 0 Å². The van der Waals surface area contributed by atoms with Crippen LogP contribution in [0.3, 0.4) is 0 Å². The van der Waals surface area contributed by atoms with Crippen molar-refractivity contribution in [1.82, 2.24) is 0 Å². The molecule has 15 heavy (non-hydrogen) atoms. The lowest BCUT2D eigenvalue weighted by Gasteiger charge is -2.18. The number of nitrogens with zero attached hydrogens (tertiary/aromatic N) is 1. The number of oxime groups is 1. The number of Topliss-reactive ketones (excluding diaryl/α,β-unsaturated/α-hetero) is 1. The van der Waals surface area contributed by atoms with Gasteiger partial charge in [-0.05, 0) is 24.3 Å². The molecule has 0 aromatic carbocycles. The molecule has 0 amide bonds. The fourth-order valence-corrected chi connectivity index (χ4v) is 2.23. The Morgan fingerprint density at radius 1 is 1.40 bits per heavy atom. The van der Waals surface area contributed by atoms with Gasteiger partial charge in [0.05, 0.1) is 0 Å². The summed E-state index contributed by atoms with van der Waals surface area (Å²) in [6, 6.07) is 0. The van der Waals surface area contributed by atoms with E-state index in [0.717, 1.165) is 31.3 Å². The molecular weight excluding hydrogens is 218 g/mol. The smallest absolute Gasteiger partial charge is 0.361 e. The Hall–Kier alpha value is -1.04. The molecule has 1 rings (SSSR count). The summed E-state index contributed by atoms with van der Waals surface area (Å²) in [6.07, 6.45) is 1.64. The van der Waals surface area contributed by atoms with Crippen molar-refractivity contribution in [3.05, 3.63) is 0 Å². The zero-order valence-corrected chi connectivity index (χ0v) is 9.25. The number of carboxylic acids is 1. The van der Waals surface area contributed by atoms with E-state index in [1.54, 1.807) is 0 Å². The summed E-state index contributed by atoms with van der Waals surface area (Å²) in [5.41, 5.74) is -0.534. The number of carbonyl (C=O) groups excluding carboxylic acids is 1. The maximum absolute atomic E-state index is 10.9. The molecule has 0 bridgehead atoms. The molecule has 6 heteroatoms. The minimum absolute atomic E-state index is 0.0556. The first-order valence-electron chi connectivity index (χ1n) is 4.67. The van der Waals surface area contributed by atoms with Crippen LogP contribution in [0.4, 0.5) is 0 Å². The summed E-state index contributed by atoms with van der Waals surface area (Å²) in [7, 11) is 0. The molecule has 5 nitrogen and oxygen atoms in total. The van der Waals surface area contributed by atoms with Gasteiger partial charge in [0.25, 0.3) is 0 Å². The van der Waals surface area contributed by atoms with Crippen molar-refractivity contribution in [2.75, 3.05) is 11.5 Å². The topological polar surface area (TPSA) is 76.0 Å². The Morgan fingerprint density at radius 2 is 2.00 bits per heavy atom. The molecule has 1 saturated heterocycles. The third-order valence-corrected chi connectivity index (χ3v) is 3.05. The first-order valence-corrected chi connectivity index (χ1v) is 5.82. The molecule has 1 aliphatic heterocycles.